The lowest BCUT2D eigenvalue weighted by atomic mass is 9.98. The van der Waals surface area contributed by atoms with E-state index >= 15 is 0 Å². The van der Waals surface area contributed by atoms with Gasteiger partial charge in [-0.05, 0) is 35.9 Å². The second kappa shape index (κ2) is 5.69. The number of aliphatic hydroxyl groups excluding tert-OH is 1. The van der Waals surface area contributed by atoms with E-state index in [1.165, 1.54) is 0 Å². The predicted molar refractivity (Wildman–Crippen MR) is 97.0 cm³/mol. The van der Waals surface area contributed by atoms with Gasteiger partial charge in [-0.15, -0.1) is 0 Å². The van der Waals surface area contributed by atoms with E-state index in [2.05, 4.69) is 20.9 Å². The van der Waals surface area contributed by atoms with Crippen LogP contribution in [-0.2, 0) is 9.53 Å². The molecule has 0 saturated carbocycles. The summed E-state index contributed by atoms with van der Waals surface area (Å²) in [5.41, 5.74) is 3.24. The van der Waals surface area contributed by atoms with Crippen LogP contribution in [0.2, 0.25) is 5.02 Å². The zero-order chi connectivity index (χ0) is 16.8. The van der Waals surface area contributed by atoms with E-state index in [1.807, 2.05) is 30.3 Å². The fraction of sp³-hybridized carbons (Fsp3) is 0.0556. The summed E-state index contributed by atoms with van der Waals surface area (Å²) in [4.78, 5) is 15.5. The van der Waals surface area contributed by atoms with Gasteiger partial charge in [0.15, 0.2) is 0 Å². The predicted octanol–water partition coefficient (Wildman–Crippen LogP) is 5.08. The highest BCUT2D eigenvalue weighted by atomic mass is 79.9. The Morgan fingerprint density at radius 2 is 1.92 bits per heavy atom. The molecule has 1 aliphatic heterocycles. The van der Waals surface area contributed by atoms with Gasteiger partial charge in [-0.2, -0.15) is 0 Å². The number of hydrogen-bond donors (Lipinski definition) is 2. The van der Waals surface area contributed by atoms with Crippen LogP contribution in [0.5, 0.6) is 0 Å². The summed E-state index contributed by atoms with van der Waals surface area (Å²) >= 11 is 9.55. The summed E-state index contributed by atoms with van der Waals surface area (Å²) in [5, 5.41) is 11.5. The third-order valence-corrected chi connectivity index (χ3v) is 4.74. The molecule has 0 spiro atoms. The van der Waals surface area contributed by atoms with Crippen LogP contribution < -0.4 is 0 Å². The lowest BCUT2D eigenvalue weighted by Crippen LogP contribution is -1.99. The van der Waals surface area contributed by atoms with Crippen LogP contribution in [0.1, 0.15) is 5.56 Å². The van der Waals surface area contributed by atoms with Gasteiger partial charge >= 0.3 is 5.97 Å². The summed E-state index contributed by atoms with van der Waals surface area (Å²) in [7, 11) is 0. The molecule has 0 amide bonds. The van der Waals surface area contributed by atoms with Gasteiger partial charge in [0.05, 0.1) is 5.69 Å². The molecule has 0 atom stereocenters. The van der Waals surface area contributed by atoms with Crippen molar-refractivity contribution in [2.45, 2.75) is 0 Å². The molecule has 4 nitrogen and oxygen atoms in total. The van der Waals surface area contributed by atoms with E-state index in [0.29, 0.717) is 10.6 Å². The molecule has 1 aromatic heterocycles. The van der Waals surface area contributed by atoms with E-state index in [4.69, 9.17) is 16.3 Å². The molecule has 6 heteroatoms. The molecule has 2 heterocycles. The number of aliphatic hydroxyl groups is 1. The molecule has 4 rings (SSSR count). The minimum Gasteiger partial charge on any atom is -0.508 e. The molecular formula is C18H11BrClNO3. The van der Waals surface area contributed by atoms with Gasteiger partial charge in [0.1, 0.15) is 17.9 Å². The number of cyclic esters (lactones) is 1. The Bertz CT molecular complexity index is 1010. The highest BCUT2D eigenvalue weighted by molar-refractivity contribution is 9.10. The number of hydrogen-bond acceptors (Lipinski definition) is 3. The second-order valence-electron chi connectivity index (χ2n) is 5.47. The molecule has 0 unspecified atom stereocenters. The number of rotatable bonds is 2. The minimum absolute atomic E-state index is 0.0702. The molecule has 120 valence electrons. The number of ether oxygens (including phenoxy) is 1. The fourth-order valence-corrected chi connectivity index (χ4v) is 3.34. The molecule has 0 saturated heterocycles. The van der Waals surface area contributed by atoms with E-state index < -0.39 is 5.97 Å². The zero-order valence-electron chi connectivity index (χ0n) is 12.3. The summed E-state index contributed by atoms with van der Waals surface area (Å²) in [6.07, 6.45) is 0. The highest BCUT2D eigenvalue weighted by Crippen LogP contribution is 2.39. The highest BCUT2D eigenvalue weighted by Gasteiger charge is 2.31. The quantitative estimate of drug-likeness (QED) is 0.586. The van der Waals surface area contributed by atoms with Gasteiger partial charge in [0, 0.05) is 26.0 Å². The standard InChI is InChI=1S/C18H11BrClNO3/c19-10-3-1-9(2-4-10)17-15(16-14(22)8-24-18(16)23)12-7-11(20)5-6-13(12)21-17/h1-7,21-22H,8H2. The summed E-state index contributed by atoms with van der Waals surface area (Å²) in [5.74, 6) is -0.606. The number of nitrogens with one attached hydrogen (secondary N) is 1. The number of carbonyl (C=O) groups is 1. The first-order chi connectivity index (χ1) is 11.5. The van der Waals surface area contributed by atoms with E-state index in [9.17, 15) is 9.90 Å². The van der Waals surface area contributed by atoms with Crippen LogP contribution in [0.15, 0.2) is 52.7 Å². The van der Waals surface area contributed by atoms with Crippen molar-refractivity contribution in [3.63, 3.8) is 0 Å². The summed E-state index contributed by atoms with van der Waals surface area (Å²) < 4.78 is 5.93. The number of aromatic amines is 1. The molecule has 2 N–H and O–H groups in total. The van der Waals surface area contributed by atoms with E-state index in [1.54, 1.807) is 12.1 Å². The number of esters is 1. The van der Waals surface area contributed by atoms with Crippen LogP contribution in [0.3, 0.4) is 0 Å². The number of carbonyl (C=O) groups excluding carboxylic acids is 1. The second-order valence-corrected chi connectivity index (χ2v) is 6.82. The van der Waals surface area contributed by atoms with Crippen LogP contribution >= 0.6 is 27.5 Å². The Morgan fingerprint density at radius 3 is 2.58 bits per heavy atom. The van der Waals surface area contributed by atoms with Crippen molar-refractivity contribution < 1.29 is 14.6 Å². The Kier molecular flexibility index (Phi) is 3.62. The van der Waals surface area contributed by atoms with Crippen LogP contribution in [0, 0.1) is 0 Å². The Hall–Kier alpha value is -2.24. The normalized spacial score (nSPS) is 14.5. The van der Waals surface area contributed by atoms with Crippen LogP contribution in [-0.4, -0.2) is 22.7 Å². The van der Waals surface area contributed by atoms with E-state index in [0.717, 1.165) is 26.6 Å². The fourth-order valence-electron chi connectivity index (χ4n) is 2.90. The minimum atomic E-state index is -0.535. The first-order valence-electron chi connectivity index (χ1n) is 7.21. The number of H-pyrrole nitrogens is 1. The number of halogens is 2. The van der Waals surface area contributed by atoms with Gasteiger partial charge in [-0.3, -0.25) is 0 Å². The lowest BCUT2D eigenvalue weighted by Gasteiger charge is -2.05. The Labute approximate surface area is 150 Å². The average Bonchev–Trinajstić information content (AvgIpc) is 3.08. The van der Waals surface area contributed by atoms with E-state index in [-0.39, 0.29) is 17.9 Å². The van der Waals surface area contributed by atoms with Gasteiger partial charge in [0.2, 0.25) is 0 Å². The maximum Gasteiger partial charge on any atom is 0.342 e. The van der Waals surface area contributed by atoms with Gasteiger partial charge in [-0.25, -0.2) is 4.79 Å². The maximum atomic E-state index is 12.2. The molecular weight excluding hydrogens is 394 g/mol. The van der Waals surface area contributed by atoms with Crippen molar-refractivity contribution >= 4 is 50.0 Å². The SMILES string of the molecule is O=C1OCC(O)=C1c1c(-c2ccc(Br)cc2)[nH]c2ccc(Cl)cc12. The van der Waals surface area contributed by atoms with Crippen LogP contribution in [0.4, 0.5) is 0 Å². The molecule has 3 aromatic rings. The summed E-state index contributed by atoms with van der Waals surface area (Å²) in [6, 6.07) is 13.1. The monoisotopic (exact) mass is 403 g/mol. The number of fused-ring (bicyclic) bond motifs is 1. The van der Waals surface area contributed by atoms with Crippen molar-refractivity contribution in [2.75, 3.05) is 6.61 Å². The average molecular weight is 405 g/mol. The zero-order valence-corrected chi connectivity index (χ0v) is 14.6. The van der Waals surface area contributed by atoms with Crippen molar-refractivity contribution in [3.8, 4) is 11.3 Å². The van der Waals surface area contributed by atoms with Crippen molar-refractivity contribution in [1.82, 2.24) is 4.98 Å². The maximum absolute atomic E-state index is 12.2. The third kappa shape index (κ3) is 2.41. The van der Waals surface area contributed by atoms with Crippen molar-refractivity contribution in [3.05, 3.63) is 63.3 Å². The summed E-state index contributed by atoms with van der Waals surface area (Å²) in [6.45, 7) is -0.110. The van der Waals surface area contributed by atoms with Gasteiger partial charge in [0.25, 0.3) is 0 Å². The molecule has 0 fully saturated rings. The third-order valence-electron chi connectivity index (χ3n) is 3.98. The number of benzene rings is 2. The van der Waals surface area contributed by atoms with Crippen molar-refractivity contribution in [2.24, 2.45) is 0 Å². The largest absolute Gasteiger partial charge is 0.508 e. The van der Waals surface area contributed by atoms with Crippen molar-refractivity contribution in [1.29, 1.82) is 0 Å². The Morgan fingerprint density at radius 1 is 1.17 bits per heavy atom. The molecule has 1 aliphatic rings. The molecule has 0 bridgehead atoms. The first-order valence-corrected chi connectivity index (χ1v) is 8.38. The Balaban J connectivity index is 2.06. The van der Waals surface area contributed by atoms with Gasteiger partial charge < -0.3 is 14.8 Å². The van der Waals surface area contributed by atoms with Gasteiger partial charge in [-0.1, -0.05) is 39.7 Å². The first kappa shape index (κ1) is 15.3. The molecule has 0 aliphatic carbocycles. The molecule has 24 heavy (non-hydrogen) atoms. The molecule has 0 radical (unpaired) electrons. The number of aromatic nitrogens is 1. The molecule has 2 aromatic carbocycles. The topological polar surface area (TPSA) is 62.3 Å². The van der Waals surface area contributed by atoms with Crippen LogP contribution in [0.25, 0.3) is 27.7 Å². The smallest absolute Gasteiger partial charge is 0.342 e. The lowest BCUT2D eigenvalue weighted by molar-refractivity contribution is -0.134.